The van der Waals surface area contributed by atoms with Crippen molar-refractivity contribution < 1.29 is 14.3 Å². The number of esters is 1. The van der Waals surface area contributed by atoms with E-state index >= 15 is 0 Å². The molecule has 1 atom stereocenters. The Labute approximate surface area is 171 Å². The summed E-state index contributed by atoms with van der Waals surface area (Å²) < 4.78 is 5.86. The van der Waals surface area contributed by atoms with Crippen LogP contribution in [-0.2, 0) is 16.1 Å². The maximum atomic E-state index is 12.2. The molecule has 3 rings (SSSR count). The molecule has 1 aromatic carbocycles. The zero-order valence-corrected chi connectivity index (χ0v) is 17.2. The van der Waals surface area contributed by atoms with Gasteiger partial charge in [-0.15, -0.1) is 10.2 Å². The smallest absolute Gasteiger partial charge is 0.337 e. The summed E-state index contributed by atoms with van der Waals surface area (Å²) in [6, 6.07) is 9.27. The van der Waals surface area contributed by atoms with Crippen molar-refractivity contribution in [3.8, 4) is 0 Å². The van der Waals surface area contributed by atoms with E-state index in [9.17, 15) is 9.59 Å². The van der Waals surface area contributed by atoms with Gasteiger partial charge < -0.3 is 20.7 Å². The third kappa shape index (κ3) is 5.23. The molecule has 2 heterocycles. The number of aromatic nitrogens is 2. The summed E-state index contributed by atoms with van der Waals surface area (Å²) in [5.74, 6) is -0.0419. The fourth-order valence-corrected chi connectivity index (χ4v) is 4.36. The van der Waals surface area contributed by atoms with Crippen LogP contribution in [0.5, 0.6) is 0 Å². The number of benzene rings is 1. The summed E-state index contributed by atoms with van der Waals surface area (Å²) in [7, 11) is 0. The summed E-state index contributed by atoms with van der Waals surface area (Å²) in [5, 5.41) is 17.6. The van der Waals surface area contributed by atoms with E-state index in [0.29, 0.717) is 28.7 Å². The number of hydrogen-bond donors (Lipinski definition) is 3. The van der Waals surface area contributed by atoms with Gasteiger partial charge in [-0.05, 0) is 19.4 Å². The Morgan fingerprint density at radius 3 is 2.86 bits per heavy atom. The molecule has 28 heavy (non-hydrogen) atoms. The van der Waals surface area contributed by atoms with E-state index in [2.05, 4.69) is 26.1 Å². The summed E-state index contributed by atoms with van der Waals surface area (Å²) in [6.07, 6.45) is 0. The zero-order valence-electron chi connectivity index (χ0n) is 15.5. The third-order valence-corrected chi connectivity index (χ3v) is 5.94. The highest BCUT2D eigenvalue weighted by Gasteiger charge is 2.29. The molecule has 0 saturated carbocycles. The maximum absolute atomic E-state index is 12.2. The van der Waals surface area contributed by atoms with Crippen molar-refractivity contribution >= 4 is 40.2 Å². The van der Waals surface area contributed by atoms with Gasteiger partial charge in [0.2, 0.25) is 5.13 Å². The number of ether oxygens (including phenoxy) is 1. The largest absolute Gasteiger partial charge is 0.463 e. The summed E-state index contributed by atoms with van der Waals surface area (Å²) in [5.41, 5.74) is 2.12. The minimum Gasteiger partial charge on any atom is -0.463 e. The van der Waals surface area contributed by atoms with E-state index in [-0.39, 0.29) is 12.6 Å². The molecule has 1 aromatic heterocycles. The molecule has 148 valence electrons. The number of nitrogens with one attached hydrogen (secondary N) is 3. The van der Waals surface area contributed by atoms with Gasteiger partial charge in [-0.2, -0.15) is 0 Å². The van der Waals surface area contributed by atoms with Crippen LogP contribution in [0.4, 0.5) is 9.93 Å². The molecule has 8 nitrogen and oxygen atoms in total. The number of nitrogens with zero attached hydrogens (tertiary/aromatic N) is 2. The SMILES string of the molecule is CCOC(=O)C1=C(CSc2nnc(NCc3ccccc3)s2)NC(=O)NC1C. The average molecular weight is 420 g/mol. The van der Waals surface area contributed by atoms with E-state index < -0.39 is 12.0 Å². The molecule has 0 fully saturated rings. The summed E-state index contributed by atoms with van der Waals surface area (Å²) >= 11 is 2.83. The van der Waals surface area contributed by atoms with Gasteiger partial charge in [0.1, 0.15) is 0 Å². The second-order valence-corrected chi connectivity index (χ2v) is 8.13. The van der Waals surface area contributed by atoms with Crippen LogP contribution in [0.1, 0.15) is 19.4 Å². The number of thioether (sulfide) groups is 1. The van der Waals surface area contributed by atoms with E-state index in [1.54, 1.807) is 13.8 Å². The lowest BCUT2D eigenvalue weighted by Crippen LogP contribution is -2.49. The normalized spacial score (nSPS) is 16.4. The van der Waals surface area contributed by atoms with Gasteiger partial charge in [0.15, 0.2) is 4.34 Å². The molecule has 1 aliphatic rings. The maximum Gasteiger partial charge on any atom is 0.337 e. The van der Waals surface area contributed by atoms with Crippen LogP contribution in [0.25, 0.3) is 0 Å². The fourth-order valence-electron chi connectivity index (χ4n) is 2.64. The van der Waals surface area contributed by atoms with Crippen LogP contribution in [0, 0.1) is 0 Å². The van der Waals surface area contributed by atoms with Gasteiger partial charge in [-0.25, -0.2) is 9.59 Å². The Hall–Kier alpha value is -2.59. The number of carbonyl (C=O) groups is 2. The van der Waals surface area contributed by atoms with Crippen LogP contribution < -0.4 is 16.0 Å². The molecule has 0 saturated heterocycles. The lowest BCUT2D eigenvalue weighted by atomic mass is 10.1. The topological polar surface area (TPSA) is 105 Å². The van der Waals surface area contributed by atoms with Crippen molar-refractivity contribution in [1.82, 2.24) is 20.8 Å². The molecule has 10 heteroatoms. The first-order chi connectivity index (χ1) is 13.6. The molecule has 1 unspecified atom stereocenters. The van der Waals surface area contributed by atoms with Gasteiger partial charge >= 0.3 is 12.0 Å². The minimum atomic E-state index is -0.430. The number of carbonyl (C=O) groups excluding carboxylic acids is 2. The van der Waals surface area contributed by atoms with E-state index in [0.717, 1.165) is 9.90 Å². The predicted octanol–water partition coefficient (Wildman–Crippen LogP) is 2.76. The van der Waals surface area contributed by atoms with Gasteiger partial charge in [-0.1, -0.05) is 53.4 Å². The summed E-state index contributed by atoms with van der Waals surface area (Å²) in [4.78, 5) is 24.0. The Morgan fingerprint density at radius 1 is 1.32 bits per heavy atom. The van der Waals surface area contributed by atoms with Crippen LogP contribution in [-0.4, -0.2) is 40.6 Å². The first-order valence-corrected chi connectivity index (χ1v) is 10.6. The van der Waals surface area contributed by atoms with Crippen molar-refractivity contribution in [2.24, 2.45) is 0 Å². The van der Waals surface area contributed by atoms with Crippen molar-refractivity contribution in [1.29, 1.82) is 0 Å². The molecule has 2 amide bonds. The van der Waals surface area contributed by atoms with E-state index in [4.69, 9.17) is 4.74 Å². The van der Waals surface area contributed by atoms with Crippen LogP contribution in [0.3, 0.4) is 0 Å². The van der Waals surface area contributed by atoms with Crippen molar-refractivity contribution in [3.63, 3.8) is 0 Å². The average Bonchev–Trinajstić information content (AvgIpc) is 3.13. The number of urea groups is 1. The predicted molar refractivity (Wildman–Crippen MR) is 109 cm³/mol. The van der Waals surface area contributed by atoms with Crippen LogP contribution in [0.15, 0.2) is 45.9 Å². The Bertz CT molecular complexity index is 869. The van der Waals surface area contributed by atoms with Crippen molar-refractivity contribution in [3.05, 3.63) is 47.2 Å². The first-order valence-electron chi connectivity index (χ1n) is 8.78. The van der Waals surface area contributed by atoms with Gasteiger partial charge in [0, 0.05) is 18.0 Å². The van der Waals surface area contributed by atoms with Gasteiger partial charge in [0.25, 0.3) is 0 Å². The van der Waals surface area contributed by atoms with Crippen LogP contribution >= 0.6 is 23.1 Å². The Morgan fingerprint density at radius 2 is 2.11 bits per heavy atom. The molecule has 3 N–H and O–H groups in total. The zero-order chi connectivity index (χ0) is 19.9. The number of hydrogen-bond acceptors (Lipinski definition) is 8. The lowest BCUT2D eigenvalue weighted by Gasteiger charge is -2.26. The fraction of sp³-hybridized carbons (Fsp3) is 0.333. The molecular formula is C18H21N5O3S2. The van der Waals surface area contributed by atoms with Crippen molar-refractivity contribution in [2.75, 3.05) is 17.7 Å². The molecule has 2 aromatic rings. The number of rotatable bonds is 8. The van der Waals surface area contributed by atoms with Crippen LogP contribution in [0.2, 0.25) is 0 Å². The highest BCUT2D eigenvalue weighted by Crippen LogP contribution is 2.28. The first kappa shape index (κ1) is 20.2. The summed E-state index contributed by atoms with van der Waals surface area (Å²) in [6.45, 7) is 4.44. The minimum absolute atomic E-state index is 0.274. The highest BCUT2D eigenvalue weighted by atomic mass is 32.2. The van der Waals surface area contributed by atoms with Crippen molar-refractivity contribution in [2.45, 2.75) is 30.8 Å². The molecule has 0 bridgehead atoms. The highest BCUT2D eigenvalue weighted by molar-refractivity contribution is 8.01. The van der Waals surface area contributed by atoms with E-state index in [1.165, 1.54) is 23.1 Å². The molecule has 0 aliphatic carbocycles. The number of amides is 2. The molecule has 0 spiro atoms. The Balaban J connectivity index is 1.63. The van der Waals surface area contributed by atoms with Gasteiger partial charge in [0.05, 0.1) is 18.2 Å². The van der Waals surface area contributed by atoms with Gasteiger partial charge in [-0.3, -0.25) is 0 Å². The molecule has 1 aliphatic heterocycles. The monoisotopic (exact) mass is 419 g/mol. The third-order valence-electron chi connectivity index (χ3n) is 3.90. The second kappa shape index (κ2) is 9.56. The standard InChI is InChI=1S/C18H21N5O3S2/c1-3-26-15(24)14-11(2)20-16(25)21-13(14)10-27-18-23-22-17(28-18)19-9-12-7-5-4-6-8-12/h4-8,11H,3,9-10H2,1-2H3,(H,19,22)(H2,20,21,25). The molecular weight excluding hydrogens is 398 g/mol. The molecule has 0 radical (unpaired) electrons. The Kier molecular flexibility index (Phi) is 6.88. The van der Waals surface area contributed by atoms with E-state index in [1.807, 2.05) is 30.3 Å². The second-order valence-electron chi connectivity index (χ2n) is 5.93. The lowest BCUT2D eigenvalue weighted by molar-refractivity contribution is -0.138. The number of anilines is 1. The quantitative estimate of drug-likeness (QED) is 0.446.